The first kappa shape index (κ1) is 63.9. The Kier molecular flexibility index (Phi) is 25.1. The van der Waals surface area contributed by atoms with Gasteiger partial charge >= 0.3 is 29.8 Å². The summed E-state index contributed by atoms with van der Waals surface area (Å²) in [5.74, 6) is -16.6. The lowest BCUT2D eigenvalue weighted by Gasteiger charge is -2.28. The number of carbonyl (C=O) groups excluding carboxylic acids is 7. The van der Waals surface area contributed by atoms with Gasteiger partial charge in [0.2, 0.25) is 41.4 Å². The molecule has 79 heavy (non-hydrogen) atoms. The van der Waals surface area contributed by atoms with Crippen LogP contribution in [0.5, 0.6) is 17.2 Å². The van der Waals surface area contributed by atoms with Crippen LogP contribution in [0.25, 0.3) is 0 Å². The van der Waals surface area contributed by atoms with Crippen LogP contribution in [-0.2, 0) is 76.8 Å². The molecule has 17 N–H and O–H groups in total. The molecule has 0 saturated heterocycles. The topological polar surface area (TPSA) is 477 Å². The number of hydrogen-bond donors (Lipinski definition) is 16. The first-order valence-electron chi connectivity index (χ1n) is 24.4. The zero-order valence-electron chi connectivity index (χ0n) is 42.7. The van der Waals surface area contributed by atoms with Gasteiger partial charge in [0, 0.05) is 32.1 Å². The van der Waals surface area contributed by atoms with Crippen molar-refractivity contribution in [2.75, 3.05) is 0 Å². The molecule has 7 amide bonds. The zero-order valence-corrected chi connectivity index (χ0v) is 42.7. The normalized spacial score (nSPS) is 14.0. The van der Waals surface area contributed by atoms with E-state index in [0.29, 0.717) is 11.1 Å². The number of aliphatic carboxylic acids is 5. The molecule has 428 valence electrons. The second-order valence-corrected chi connectivity index (χ2v) is 18.7. The number of carbonyl (C=O) groups is 12. The lowest BCUT2D eigenvalue weighted by molar-refractivity contribution is -0.147. The standard InChI is InChI=1S/C51H64N8O20/c1-25(2)19-34(46(73)58-38(23-42(67)68)50(77)57-37(22-28-7-13-31(62)14-8-28)49(76)59-39(51(78)79)24-43(69)70)55-48(75)36(21-27-5-11-30(61)12-6-27)56-45(72)33(16-18-41(65)66)53-47(74)35(20-26-3-9-29(60)10-4-26)54-44(71)32(52)15-17-40(63)64/h3-14,25,32-39,60-62H,15-24,52H2,1-2H3,(H,53,74)(H,54,71)(H,55,75)(H,56,72)(H,57,77)(H,58,73)(H,59,76)(H,63,64)(H,65,66)(H,67,68)(H,69,70)(H,78,79). The Hall–Kier alpha value is -9.34. The molecular weight excluding hydrogens is 1040 g/mol. The first-order valence-corrected chi connectivity index (χ1v) is 24.4. The maximum absolute atomic E-state index is 14.4. The van der Waals surface area contributed by atoms with Gasteiger partial charge in [-0.3, -0.25) is 52.7 Å². The van der Waals surface area contributed by atoms with E-state index in [-0.39, 0.29) is 42.1 Å². The van der Waals surface area contributed by atoms with Gasteiger partial charge in [-0.2, -0.15) is 0 Å². The minimum Gasteiger partial charge on any atom is -0.508 e. The highest BCUT2D eigenvalue weighted by molar-refractivity contribution is 5.99. The molecule has 3 aromatic rings. The summed E-state index contributed by atoms with van der Waals surface area (Å²) in [6, 6.07) is 1.91. The SMILES string of the molecule is CC(C)CC(NC(=O)C(Cc1ccc(O)cc1)NC(=O)C(CCC(=O)O)NC(=O)C(Cc1ccc(O)cc1)NC(=O)C(N)CCC(=O)O)C(=O)NC(CC(=O)O)C(=O)NC(Cc1ccc(O)cc1)C(=O)NC(CC(=O)O)C(=O)O. The summed E-state index contributed by atoms with van der Waals surface area (Å²) in [6.45, 7) is 3.25. The number of amides is 7. The van der Waals surface area contributed by atoms with Crippen LogP contribution in [0.2, 0.25) is 0 Å². The monoisotopic (exact) mass is 1110 g/mol. The van der Waals surface area contributed by atoms with Crippen LogP contribution in [0.4, 0.5) is 0 Å². The molecule has 3 aromatic carbocycles. The van der Waals surface area contributed by atoms with Crippen LogP contribution < -0.4 is 43.0 Å². The smallest absolute Gasteiger partial charge is 0.326 e. The average molecular weight is 1110 g/mol. The molecular formula is C51H64N8O20. The molecule has 0 aliphatic carbocycles. The van der Waals surface area contributed by atoms with Gasteiger partial charge in [0.1, 0.15) is 59.5 Å². The number of benzene rings is 3. The van der Waals surface area contributed by atoms with E-state index < -0.39 is 170 Å². The summed E-state index contributed by atoms with van der Waals surface area (Å²) < 4.78 is 0. The number of nitrogens with two attached hydrogens (primary N) is 1. The van der Waals surface area contributed by atoms with Crippen LogP contribution in [-0.4, -0.2) is 160 Å². The van der Waals surface area contributed by atoms with E-state index in [1.165, 1.54) is 72.8 Å². The van der Waals surface area contributed by atoms with E-state index in [1.807, 2.05) is 5.32 Å². The van der Waals surface area contributed by atoms with E-state index in [1.54, 1.807) is 13.8 Å². The van der Waals surface area contributed by atoms with Crippen LogP contribution in [0, 0.1) is 5.92 Å². The molecule has 0 spiro atoms. The van der Waals surface area contributed by atoms with Crippen molar-refractivity contribution in [3.8, 4) is 17.2 Å². The maximum Gasteiger partial charge on any atom is 0.326 e. The molecule has 8 unspecified atom stereocenters. The highest BCUT2D eigenvalue weighted by Gasteiger charge is 2.36. The van der Waals surface area contributed by atoms with Crippen molar-refractivity contribution < 1.29 is 98.4 Å². The van der Waals surface area contributed by atoms with E-state index in [2.05, 4.69) is 31.9 Å². The number of carboxylic acid groups (broad SMARTS) is 5. The predicted octanol–water partition coefficient (Wildman–Crippen LogP) is -1.64. The molecule has 0 heterocycles. The molecule has 0 aliphatic heterocycles. The van der Waals surface area contributed by atoms with E-state index in [0.717, 1.165) is 0 Å². The summed E-state index contributed by atoms with van der Waals surface area (Å²) >= 11 is 0. The largest absolute Gasteiger partial charge is 0.508 e. The van der Waals surface area contributed by atoms with Crippen molar-refractivity contribution in [2.45, 2.75) is 126 Å². The number of hydrogen-bond acceptors (Lipinski definition) is 16. The van der Waals surface area contributed by atoms with Gasteiger partial charge in [-0.1, -0.05) is 50.2 Å². The molecule has 8 atom stereocenters. The summed E-state index contributed by atoms with van der Waals surface area (Å²) in [5.41, 5.74) is 6.83. The fraction of sp³-hybridized carbons (Fsp3) is 0.412. The number of phenolic OH excluding ortho intramolecular Hbond substituents is 3. The van der Waals surface area contributed by atoms with Crippen LogP contribution >= 0.6 is 0 Å². The van der Waals surface area contributed by atoms with Crippen LogP contribution in [0.15, 0.2) is 72.8 Å². The predicted molar refractivity (Wildman–Crippen MR) is 272 cm³/mol. The highest BCUT2D eigenvalue weighted by atomic mass is 16.4. The first-order chi connectivity index (χ1) is 37.1. The summed E-state index contributed by atoms with van der Waals surface area (Å²) in [4.78, 5) is 156. The number of aromatic hydroxyl groups is 3. The third-order valence-electron chi connectivity index (χ3n) is 11.7. The lowest BCUT2D eigenvalue weighted by atomic mass is 9.99. The van der Waals surface area contributed by atoms with Gasteiger partial charge in [0.05, 0.1) is 18.9 Å². The van der Waals surface area contributed by atoms with Crippen LogP contribution in [0.1, 0.15) is 75.5 Å². The number of nitrogens with one attached hydrogen (secondary N) is 7. The molecule has 0 bridgehead atoms. The van der Waals surface area contributed by atoms with Crippen molar-refractivity contribution in [3.63, 3.8) is 0 Å². The van der Waals surface area contributed by atoms with E-state index in [4.69, 9.17) is 10.8 Å². The second kappa shape index (κ2) is 31.0. The van der Waals surface area contributed by atoms with Crippen LogP contribution in [0.3, 0.4) is 0 Å². The third kappa shape index (κ3) is 23.2. The second-order valence-electron chi connectivity index (χ2n) is 18.7. The number of phenols is 3. The Morgan fingerprint density at radius 1 is 0.380 bits per heavy atom. The molecule has 0 radical (unpaired) electrons. The molecule has 0 saturated carbocycles. The van der Waals surface area contributed by atoms with Crippen molar-refractivity contribution in [2.24, 2.45) is 11.7 Å². The molecule has 28 nitrogen and oxygen atoms in total. The summed E-state index contributed by atoms with van der Waals surface area (Å²) in [6.07, 6.45) is -5.74. The number of rotatable bonds is 33. The molecule has 0 fully saturated rings. The minimum atomic E-state index is -2.02. The Labute approximate surface area is 450 Å². The van der Waals surface area contributed by atoms with Crippen molar-refractivity contribution in [3.05, 3.63) is 89.5 Å². The Morgan fingerprint density at radius 3 is 1.04 bits per heavy atom. The Morgan fingerprint density at radius 2 is 0.671 bits per heavy atom. The molecule has 0 aromatic heterocycles. The summed E-state index contributed by atoms with van der Waals surface area (Å²) in [7, 11) is 0. The van der Waals surface area contributed by atoms with Crippen molar-refractivity contribution >= 4 is 71.2 Å². The third-order valence-corrected chi connectivity index (χ3v) is 11.7. The average Bonchev–Trinajstić information content (AvgIpc) is 3.36. The van der Waals surface area contributed by atoms with Crippen molar-refractivity contribution in [1.82, 2.24) is 37.2 Å². The van der Waals surface area contributed by atoms with Gasteiger partial charge in [0.25, 0.3) is 0 Å². The highest BCUT2D eigenvalue weighted by Crippen LogP contribution is 2.17. The summed E-state index contributed by atoms with van der Waals surface area (Å²) in [5, 5.41) is 93.1. The number of carboxylic acids is 5. The Balaban J connectivity index is 1.99. The van der Waals surface area contributed by atoms with E-state index >= 15 is 0 Å². The molecule has 3 rings (SSSR count). The van der Waals surface area contributed by atoms with Gasteiger partial charge in [-0.05, 0) is 78.3 Å². The van der Waals surface area contributed by atoms with Gasteiger partial charge in [-0.15, -0.1) is 0 Å². The molecule has 28 heteroatoms. The Bertz CT molecular complexity index is 2670. The van der Waals surface area contributed by atoms with Crippen molar-refractivity contribution in [1.29, 1.82) is 0 Å². The molecule has 0 aliphatic rings. The fourth-order valence-electron chi connectivity index (χ4n) is 7.55. The van der Waals surface area contributed by atoms with Gasteiger partial charge < -0.3 is 83.8 Å². The minimum absolute atomic E-state index is 0.144. The zero-order chi connectivity index (χ0) is 59.1. The van der Waals surface area contributed by atoms with Gasteiger partial charge in [-0.25, -0.2) is 4.79 Å². The van der Waals surface area contributed by atoms with Gasteiger partial charge in [0.15, 0.2) is 0 Å². The maximum atomic E-state index is 14.4. The van der Waals surface area contributed by atoms with E-state index in [9.17, 15) is 93.3 Å². The quantitative estimate of drug-likeness (QED) is 0.0325. The lowest BCUT2D eigenvalue weighted by Crippen LogP contribution is -2.61. The fourth-order valence-corrected chi connectivity index (χ4v) is 7.55.